The van der Waals surface area contributed by atoms with E-state index in [1.807, 2.05) is 48.5 Å². The van der Waals surface area contributed by atoms with Crippen molar-refractivity contribution in [2.45, 2.75) is 20.1 Å². The van der Waals surface area contributed by atoms with Gasteiger partial charge < -0.3 is 4.74 Å². The van der Waals surface area contributed by atoms with E-state index in [2.05, 4.69) is 37.3 Å². The van der Waals surface area contributed by atoms with Gasteiger partial charge in [-0.3, -0.25) is 0 Å². The van der Waals surface area contributed by atoms with E-state index >= 15 is 0 Å². The summed E-state index contributed by atoms with van der Waals surface area (Å²) in [6.07, 6.45) is 0. The van der Waals surface area contributed by atoms with E-state index in [0.717, 1.165) is 0 Å². The van der Waals surface area contributed by atoms with Gasteiger partial charge >= 0.3 is 17.1 Å². The molecule has 0 unspecified atom stereocenters. The Hall–Kier alpha value is -1.60. The van der Waals surface area contributed by atoms with E-state index in [0.29, 0.717) is 13.2 Å². The van der Waals surface area contributed by atoms with Gasteiger partial charge in [0.25, 0.3) is 0 Å². The van der Waals surface area contributed by atoms with Gasteiger partial charge in [-0.2, -0.15) is 29.8 Å². The minimum Gasteiger partial charge on any atom is -0.384 e. The number of aryl methyl sites for hydroxylation is 1. The number of ether oxygens (including phenoxy) is 1. The molecule has 0 aliphatic carbocycles. The van der Waals surface area contributed by atoms with Crippen molar-refractivity contribution in [3.05, 3.63) is 95.6 Å². The Morgan fingerprint density at radius 1 is 0.952 bits per heavy atom. The van der Waals surface area contributed by atoms with Crippen LogP contribution >= 0.6 is 0 Å². The van der Waals surface area contributed by atoms with Gasteiger partial charge in [-0.05, 0) is 5.56 Å². The maximum atomic E-state index is 5.64. The summed E-state index contributed by atoms with van der Waals surface area (Å²) >= 11 is 0. The molecule has 0 radical (unpaired) electrons. The van der Waals surface area contributed by atoms with Gasteiger partial charge in [0.15, 0.2) is 0 Å². The maximum absolute atomic E-state index is 5.64. The van der Waals surface area contributed by atoms with Gasteiger partial charge in [0.05, 0.1) is 6.61 Å². The molecule has 2 heteroatoms. The van der Waals surface area contributed by atoms with Gasteiger partial charge in [0.2, 0.25) is 0 Å². The van der Waals surface area contributed by atoms with Crippen LogP contribution in [0.1, 0.15) is 16.7 Å². The van der Waals surface area contributed by atoms with Gasteiger partial charge in [-0.15, -0.1) is 5.56 Å². The predicted molar refractivity (Wildman–Crippen MR) is 83.7 cm³/mol. The van der Waals surface area contributed by atoms with Crippen molar-refractivity contribution in [1.82, 2.24) is 0 Å². The number of hydrogen-bond donors (Lipinski definition) is 0. The van der Waals surface area contributed by atoms with Crippen LogP contribution in [0.4, 0.5) is 0 Å². The summed E-state index contributed by atoms with van der Waals surface area (Å²) in [5, 5.41) is 0. The van der Waals surface area contributed by atoms with Crippen molar-refractivity contribution in [2.24, 2.45) is 0 Å². The molecule has 0 aromatic heterocycles. The van der Waals surface area contributed by atoms with E-state index in [-0.39, 0.29) is 17.1 Å². The average molecular weight is 320 g/mol. The molecular weight excluding hydrogens is 300 g/mol. The third-order valence-corrected chi connectivity index (χ3v) is 3.07. The number of rotatable bonds is 4. The Kier molecular flexibility index (Phi) is 8.45. The summed E-state index contributed by atoms with van der Waals surface area (Å²) in [6.45, 7) is 3.50. The molecular formula is C19H20FeO. The fourth-order valence-corrected chi connectivity index (χ4v) is 1.88. The van der Waals surface area contributed by atoms with Gasteiger partial charge in [0.1, 0.15) is 0 Å². The van der Waals surface area contributed by atoms with Gasteiger partial charge in [-0.1, -0.05) is 37.3 Å². The van der Waals surface area contributed by atoms with E-state index in [9.17, 15) is 0 Å². The summed E-state index contributed by atoms with van der Waals surface area (Å²) in [5.41, 5.74) is 3.82. The molecule has 110 valence electrons. The molecule has 0 aliphatic rings. The molecule has 0 atom stereocenters. The molecule has 0 N–H and O–H groups in total. The first-order chi connectivity index (χ1) is 9.86. The molecule has 0 amide bonds. The zero-order chi connectivity index (χ0) is 14.0. The van der Waals surface area contributed by atoms with E-state index in [1.165, 1.54) is 16.7 Å². The first-order valence-electron chi connectivity index (χ1n) is 6.86. The number of hydrogen-bond acceptors (Lipinski definition) is 1. The molecule has 0 heterocycles. The van der Waals surface area contributed by atoms with Crippen LogP contribution in [0.25, 0.3) is 0 Å². The van der Waals surface area contributed by atoms with Crippen LogP contribution in [0.5, 0.6) is 0 Å². The fourth-order valence-electron chi connectivity index (χ4n) is 1.88. The standard InChI is InChI=1S/C14H15O.C5H5.Fe/c1-12-6-5-9-14(12)11-15-10-13-7-3-2-4-8-13;1-2-4-5-3-1;/h2-9H,10-11H2,1H3;1-5H;/q2*-1;+2. The molecule has 0 saturated carbocycles. The second kappa shape index (κ2) is 10.2. The van der Waals surface area contributed by atoms with Crippen LogP contribution in [-0.2, 0) is 35.0 Å². The first-order valence-corrected chi connectivity index (χ1v) is 6.86. The predicted octanol–water partition coefficient (Wildman–Crippen LogP) is 4.83. The molecule has 0 bridgehead atoms. The molecule has 0 saturated heterocycles. The van der Waals surface area contributed by atoms with Crippen LogP contribution in [0.15, 0.2) is 78.9 Å². The van der Waals surface area contributed by atoms with Crippen molar-refractivity contribution >= 4 is 0 Å². The summed E-state index contributed by atoms with van der Waals surface area (Å²) < 4.78 is 5.64. The minimum atomic E-state index is 0. The SMILES string of the molecule is Cc1ccc[c-]1COCc1ccccc1.[Fe+2].c1cc[cH-]c1. The molecule has 21 heavy (non-hydrogen) atoms. The Labute approximate surface area is 137 Å². The van der Waals surface area contributed by atoms with Crippen LogP contribution < -0.4 is 0 Å². The molecule has 3 rings (SSSR count). The molecule has 3 aromatic carbocycles. The summed E-state index contributed by atoms with van der Waals surface area (Å²) in [6, 6.07) is 26.5. The Morgan fingerprint density at radius 2 is 1.67 bits per heavy atom. The van der Waals surface area contributed by atoms with E-state index < -0.39 is 0 Å². The second-order valence-corrected chi connectivity index (χ2v) is 4.67. The summed E-state index contributed by atoms with van der Waals surface area (Å²) in [7, 11) is 0. The molecule has 0 spiro atoms. The first kappa shape index (κ1) is 17.5. The largest absolute Gasteiger partial charge is 2.00 e. The summed E-state index contributed by atoms with van der Waals surface area (Å²) in [5.74, 6) is 0. The normalized spacial score (nSPS) is 9.38. The number of benzene rings is 1. The monoisotopic (exact) mass is 320 g/mol. The topological polar surface area (TPSA) is 9.23 Å². The van der Waals surface area contributed by atoms with Crippen LogP contribution in [0.2, 0.25) is 0 Å². The molecule has 3 aromatic rings. The average Bonchev–Trinajstić information content (AvgIpc) is 3.16. The Morgan fingerprint density at radius 3 is 2.19 bits per heavy atom. The smallest absolute Gasteiger partial charge is 0.384 e. The van der Waals surface area contributed by atoms with Gasteiger partial charge in [-0.25, -0.2) is 24.3 Å². The minimum absolute atomic E-state index is 0. The zero-order valence-electron chi connectivity index (χ0n) is 12.2. The van der Waals surface area contributed by atoms with Crippen LogP contribution in [0.3, 0.4) is 0 Å². The zero-order valence-corrected chi connectivity index (χ0v) is 13.3. The van der Waals surface area contributed by atoms with Gasteiger partial charge in [0, 0.05) is 6.61 Å². The summed E-state index contributed by atoms with van der Waals surface area (Å²) in [4.78, 5) is 0. The third kappa shape index (κ3) is 6.59. The van der Waals surface area contributed by atoms with Crippen molar-refractivity contribution in [1.29, 1.82) is 0 Å². The molecule has 0 aliphatic heterocycles. The quantitative estimate of drug-likeness (QED) is 0.494. The Bertz CT molecular complexity index is 549. The van der Waals surface area contributed by atoms with Crippen molar-refractivity contribution in [3.63, 3.8) is 0 Å². The molecule has 1 nitrogen and oxygen atoms in total. The van der Waals surface area contributed by atoms with Crippen molar-refractivity contribution < 1.29 is 21.8 Å². The van der Waals surface area contributed by atoms with Crippen molar-refractivity contribution in [3.8, 4) is 0 Å². The Balaban J connectivity index is 0.000000313. The van der Waals surface area contributed by atoms with E-state index in [1.54, 1.807) is 0 Å². The maximum Gasteiger partial charge on any atom is 2.00 e. The van der Waals surface area contributed by atoms with E-state index in [4.69, 9.17) is 4.74 Å². The van der Waals surface area contributed by atoms with Crippen LogP contribution in [-0.4, -0.2) is 0 Å². The fraction of sp³-hybridized carbons (Fsp3) is 0.158. The van der Waals surface area contributed by atoms with Crippen molar-refractivity contribution in [2.75, 3.05) is 0 Å². The van der Waals surface area contributed by atoms with Crippen LogP contribution in [0, 0.1) is 6.92 Å². The molecule has 0 fully saturated rings. The third-order valence-electron chi connectivity index (χ3n) is 3.07. The second-order valence-electron chi connectivity index (χ2n) is 4.67.